The second kappa shape index (κ2) is 7.51. The van der Waals surface area contributed by atoms with Crippen LogP contribution < -0.4 is 10.5 Å². The van der Waals surface area contributed by atoms with Gasteiger partial charge in [-0.05, 0) is 67.9 Å². The van der Waals surface area contributed by atoms with Crippen LogP contribution in [0.3, 0.4) is 0 Å². The highest BCUT2D eigenvalue weighted by atomic mass is 16.1. The maximum Gasteiger partial charge on any atom is 0.250 e. The van der Waals surface area contributed by atoms with Gasteiger partial charge in [0.05, 0.1) is 5.69 Å². The van der Waals surface area contributed by atoms with Crippen LogP contribution in [0.25, 0.3) is 0 Å². The molecule has 27 heavy (non-hydrogen) atoms. The van der Waals surface area contributed by atoms with Gasteiger partial charge in [0.2, 0.25) is 5.56 Å². The summed E-state index contributed by atoms with van der Waals surface area (Å²) in [5, 5.41) is 0. The number of anilines is 2. The van der Waals surface area contributed by atoms with E-state index in [1.807, 2.05) is 19.3 Å². The molecule has 144 valence electrons. The van der Waals surface area contributed by atoms with E-state index in [2.05, 4.69) is 41.8 Å². The molecule has 1 saturated carbocycles. The van der Waals surface area contributed by atoms with E-state index in [-0.39, 0.29) is 5.56 Å². The smallest absolute Gasteiger partial charge is 0.250 e. The summed E-state index contributed by atoms with van der Waals surface area (Å²) in [6.45, 7) is 8.00. The van der Waals surface area contributed by atoms with Crippen LogP contribution in [0.1, 0.15) is 44.2 Å². The molecule has 4 heteroatoms. The lowest BCUT2D eigenvalue weighted by Gasteiger charge is -2.34. The number of hydrogen-bond donors (Lipinski definition) is 0. The zero-order valence-electron chi connectivity index (χ0n) is 16.8. The fraction of sp³-hybridized carbons (Fsp3) is 0.522. The van der Waals surface area contributed by atoms with Gasteiger partial charge in [-0.15, -0.1) is 0 Å². The third-order valence-corrected chi connectivity index (χ3v) is 6.15. The lowest BCUT2D eigenvalue weighted by Crippen LogP contribution is -2.33. The summed E-state index contributed by atoms with van der Waals surface area (Å²) in [6, 6.07) is 10.9. The highest BCUT2D eigenvalue weighted by molar-refractivity contribution is 5.65. The van der Waals surface area contributed by atoms with Crippen molar-refractivity contribution in [1.82, 2.24) is 9.47 Å². The van der Waals surface area contributed by atoms with Crippen molar-refractivity contribution in [2.45, 2.75) is 52.1 Å². The molecule has 1 aliphatic carbocycles. The summed E-state index contributed by atoms with van der Waals surface area (Å²) in [6.07, 6.45) is 6.99. The van der Waals surface area contributed by atoms with Gasteiger partial charge in [-0.2, -0.15) is 0 Å². The lowest BCUT2D eigenvalue weighted by atomic mass is 9.98. The molecule has 0 amide bonds. The largest absolute Gasteiger partial charge is 0.337 e. The van der Waals surface area contributed by atoms with Crippen molar-refractivity contribution in [2.75, 3.05) is 18.0 Å². The summed E-state index contributed by atoms with van der Waals surface area (Å²) >= 11 is 0. The first-order valence-electron chi connectivity index (χ1n) is 10.3. The third-order valence-electron chi connectivity index (χ3n) is 6.15. The molecule has 4 rings (SSSR count). The highest BCUT2D eigenvalue weighted by Gasteiger charge is 2.27. The average Bonchev–Trinajstić information content (AvgIpc) is 3.48. The van der Waals surface area contributed by atoms with Gasteiger partial charge in [0, 0.05) is 50.7 Å². The van der Waals surface area contributed by atoms with Crippen LogP contribution in [0, 0.1) is 5.92 Å². The predicted octanol–water partition coefficient (Wildman–Crippen LogP) is 4.09. The number of aryl methyl sites for hydroxylation is 1. The maximum atomic E-state index is 11.8. The predicted molar refractivity (Wildman–Crippen MR) is 112 cm³/mol. The zero-order chi connectivity index (χ0) is 19.0. The number of hydrogen-bond acceptors (Lipinski definition) is 3. The van der Waals surface area contributed by atoms with Crippen LogP contribution in [0.4, 0.5) is 11.4 Å². The SMILES string of the molecule is CCC(C)N(c1ccc2c(c1)CN(CC1CC1)CC2)c1ccc(=O)n(C)c1. The molecule has 0 saturated heterocycles. The minimum Gasteiger partial charge on any atom is -0.337 e. The number of benzene rings is 1. The zero-order valence-corrected chi connectivity index (χ0v) is 16.8. The molecule has 0 spiro atoms. The quantitative estimate of drug-likeness (QED) is 0.772. The molecule has 2 aromatic rings. The number of rotatable bonds is 6. The Bertz CT molecular complexity index is 868. The minimum atomic E-state index is 0.0315. The summed E-state index contributed by atoms with van der Waals surface area (Å²) < 4.78 is 1.67. The Hall–Kier alpha value is -2.07. The van der Waals surface area contributed by atoms with Gasteiger partial charge in [-0.3, -0.25) is 9.69 Å². The number of aromatic nitrogens is 1. The van der Waals surface area contributed by atoms with Gasteiger partial charge in [0.15, 0.2) is 0 Å². The van der Waals surface area contributed by atoms with Crippen LogP contribution in [0.2, 0.25) is 0 Å². The van der Waals surface area contributed by atoms with Crippen molar-refractivity contribution < 1.29 is 0 Å². The van der Waals surface area contributed by atoms with E-state index >= 15 is 0 Å². The van der Waals surface area contributed by atoms with Gasteiger partial charge in [-0.1, -0.05) is 13.0 Å². The molecular formula is C23H31N3O. The average molecular weight is 366 g/mol. The summed E-state index contributed by atoms with van der Waals surface area (Å²) in [4.78, 5) is 16.8. The van der Waals surface area contributed by atoms with Crippen molar-refractivity contribution in [1.29, 1.82) is 0 Å². The third kappa shape index (κ3) is 3.96. The topological polar surface area (TPSA) is 28.5 Å². The van der Waals surface area contributed by atoms with Gasteiger partial charge >= 0.3 is 0 Å². The van der Waals surface area contributed by atoms with Crippen molar-refractivity contribution in [3.05, 3.63) is 58.0 Å². The van der Waals surface area contributed by atoms with Crippen LogP contribution in [-0.4, -0.2) is 28.6 Å². The van der Waals surface area contributed by atoms with Crippen LogP contribution in [0.5, 0.6) is 0 Å². The molecule has 2 heterocycles. The lowest BCUT2D eigenvalue weighted by molar-refractivity contribution is 0.244. The number of nitrogens with zero attached hydrogens (tertiary/aromatic N) is 3. The van der Waals surface area contributed by atoms with E-state index in [1.165, 1.54) is 42.7 Å². The molecular weight excluding hydrogens is 334 g/mol. The minimum absolute atomic E-state index is 0.0315. The molecule has 0 bridgehead atoms. The first-order chi connectivity index (χ1) is 13.0. The summed E-state index contributed by atoms with van der Waals surface area (Å²) in [5.74, 6) is 0.942. The molecule has 1 unspecified atom stereocenters. The Kier molecular flexibility index (Phi) is 5.09. The number of fused-ring (bicyclic) bond motifs is 1. The van der Waals surface area contributed by atoms with E-state index in [9.17, 15) is 4.79 Å². The van der Waals surface area contributed by atoms with Gasteiger partial charge < -0.3 is 9.47 Å². The maximum absolute atomic E-state index is 11.8. The molecule has 1 fully saturated rings. The fourth-order valence-corrected chi connectivity index (χ4v) is 4.14. The second-order valence-corrected chi connectivity index (χ2v) is 8.35. The first kappa shape index (κ1) is 18.3. The Balaban J connectivity index is 1.66. The van der Waals surface area contributed by atoms with Crippen LogP contribution in [-0.2, 0) is 20.0 Å². The van der Waals surface area contributed by atoms with Crippen molar-refractivity contribution >= 4 is 11.4 Å². The molecule has 1 aromatic carbocycles. The first-order valence-corrected chi connectivity index (χ1v) is 10.3. The molecule has 2 aliphatic rings. The van der Waals surface area contributed by atoms with Gasteiger partial charge in [-0.25, -0.2) is 0 Å². The van der Waals surface area contributed by atoms with E-state index in [0.717, 1.165) is 31.0 Å². The van der Waals surface area contributed by atoms with Crippen molar-refractivity contribution in [3.8, 4) is 0 Å². The molecule has 1 atom stereocenters. The Morgan fingerprint density at radius 2 is 1.93 bits per heavy atom. The van der Waals surface area contributed by atoms with Gasteiger partial charge in [0.1, 0.15) is 0 Å². The number of pyridine rings is 1. The molecule has 1 aromatic heterocycles. The van der Waals surface area contributed by atoms with Gasteiger partial charge in [0.25, 0.3) is 0 Å². The Labute approximate surface area is 162 Å². The normalized spacial score (nSPS) is 18.2. The summed E-state index contributed by atoms with van der Waals surface area (Å²) in [7, 11) is 1.82. The van der Waals surface area contributed by atoms with E-state index in [1.54, 1.807) is 10.6 Å². The van der Waals surface area contributed by atoms with E-state index in [0.29, 0.717) is 6.04 Å². The summed E-state index contributed by atoms with van der Waals surface area (Å²) in [5.41, 5.74) is 5.31. The van der Waals surface area contributed by atoms with E-state index < -0.39 is 0 Å². The van der Waals surface area contributed by atoms with Crippen LogP contribution in [0.15, 0.2) is 41.3 Å². The molecule has 4 nitrogen and oxygen atoms in total. The monoisotopic (exact) mass is 365 g/mol. The molecule has 0 N–H and O–H groups in total. The second-order valence-electron chi connectivity index (χ2n) is 8.35. The highest BCUT2D eigenvalue weighted by Crippen LogP contribution is 2.34. The molecule has 1 aliphatic heterocycles. The van der Waals surface area contributed by atoms with Crippen molar-refractivity contribution in [3.63, 3.8) is 0 Å². The molecule has 0 radical (unpaired) electrons. The van der Waals surface area contributed by atoms with Crippen LogP contribution >= 0.6 is 0 Å². The Morgan fingerprint density at radius 1 is 1.15 bits per heavy atom. The Morgan fingerprint density at radius 3 is 2.63 bits per heavy atom. The standard InChI is InChI=1S/C23H31N3O/c1-4-17(2)26(22-9-10-23(27)24(3)16-22)21-8-7-19-11-12-25(14-18-5-6-18)15-20(19)13-21/h7-10,13,16-18H,4-6,11-12,14-15H2,1-3H3. The van der Waals surface area contributed by atoms with E-state index in [4.69, 9.17) is 0 Å². The van der Waals surface area contributed by atoms with Crippen molar-refractivity contribution in [2.24, 2.45) is 13.0 Å². The fourth-order valence-electron chi connectivity index (χ4n) is 4.14.